The third kappa shape index (κ3) is 2.61. The number of aryl methyl sites for hydroxylation is 1. The van der Waals surface area contributed by atoms with Gasteiger partial charge in [-0.3, -0.25) is 9.59 Å². The van der Waals surface area contributed by atoms with Crippen LogP contribution in [0.4, 0.5) is 0 Å². The fraction of sp³-hybridized carbons (Fsp3) is 0.529. The minimum atomic E-state index is -0.631. The maximum Gasteiger partial charge on any atom is 0.323 e. The van der Waals surface area contributed by atoms with Gasteiger partial charge in [-0.2, -0.15) is 0 Å². The van der Waals surface area contributed by atoms with Crippen LogP contribution in [0.2, 0.25) is 0 Å². The Morgan fingerprint density at radius 1 is 1.32 bits per heavy atom. The molecule has 1 aromatic carbocycles. The Hall–Kier alpha value is -1.20. The van der Waals surface area contributed by atoms with Crippen LogP contribution >= 0.6 is 15.9 Å². The van der Waals surface area contributed by atoms with E-state index in [1.54, 1.807) is 0 Å². The summed E-state index contributed by atoms with van der Waals surface area (Å²) in [6.07, 6.45) is 3.71. The SMILES string of the molecule is O=C1c2ccc(Br)cc2CCCC1OC(=O)[C@@H]1CC2C[C@H]2N1. The van der Waals surface area contributed by atoms with Gasteiger partial charge in [-0.1, -0.05) is 15.9 Å². The van der Waals surface area contributed by atoms with Crippen LogP contribution in [0.5, 0.6) is 0 Å². The fourth-order valence-corrected chi connectivity index (χ4v) is 4.04. The average molecular weight is 364 g/mol. The van der Waals surface area contributed by atoms with Crippen molar-refractivity contribution in [2.24, 2.45) is 5.92 Å². The highest BCUT2D eigenvalue weighted by Gasteiger charge is 2.49. The molecule has 0 spiro atoms. The molecule has 4 nitrogen and oxygen atoms in total. The number of esters is 1. The third-order valence-electron chi connectivity index (χ3n) is 4.96. The van der Waals surface area contributed by atoms with Crippen molar-refractivity contribution in [3.63, 3.8) is 0 Å². The van der Waals surface area contributed by atoms with E-state index in [-0.39, 0.29) is 17.8 Å². The standard InChI is InChI=1S/C17H18BrNO3/c18-11-4-5-12-9(6-11)2-1-3-15(16(12)20)22-17(21)14-8-10-7-13(10)19-14/h4-6,10,13-15,19H,1-3,7-8H2/t10?,13-,14+,15?/m1/s1. The van der Waals surface area contributed by atoms with Crippen molar-refractivity contribution in [2.75, 3.05) is 0 Å². The van der Waals surface area contributed by atoms with Gasteiger partial charge in [-0.05, 0) is 61.8 Å². The predicted octanol–water partition coefficient (Wildman–Crippen LogP) is 2.63. The molecule has 4 rings (SSSR count). The quantitative estimate of drug-likeness (QED) is 0.648. The van der Waals surface area contributed by atoms with E-state index in [9.17, 15) is 9.59 Å². The number of fused-ring (bicyclic) bond motifs is 2. The molecule has 2 fully saturated rings. The van der Waals surface area contributed by atoms with Crippen molar-refractivity contribution in [1.82, 2.24) is 5.32 Å². The smallest absolute Gasteiger partial charge is 0.323 e. The molecule has 0 radical (unpaired) electrons. The molecule has 1 saturated carbocycles. The summed E-state index contributed by atoms with van der Waals surface area (Å²) in [7, 11) is 0. The molecule has 4 atom stereocenters. The van der Waals surface area contributed by atoms with Crippen LogP contribution in [0.15, 0.2) is 22.7 Å². The Kier molecular flexibility index (Phi) is 3.57. The van der Waals surface area contributed by atoms with Gasteiger partial charge in [-0.25, -0.2) is 0 Å². The van der Waals surface area contributed by atoms with E-state index in [1.807, 2.05) is 18.2 Å². The van der Waals surface area contributed by atoms with Crippen LogP contribution in [0.1, 0.15) is 41.6 Å². The molecule has 2 aliphatic carbocycles. The highest BCUT2D eigenvalue weighted by atomic mass is 79.9. The number of halogens is 1. The lowest BCUT2D eigenvalue weighted by Gasteiger charge is -2.19. The maximum atomic E-state index is 12.7. The van der Waals surface area contributed by atoms with Crippen LogP contribution < -0.4 is 5.32 Å². The topological polar surface area (TPSA) is 55.4 Å². The molecule has 1 aromatic rings. The maximum absolute atomic E-state index is 12.7. The first-order chi connectivity index (χ1) is 10.6. The minimum Gasteiger partial charge on any atom is -0.453 e. The van der Waals surface area contributed by atoms with Crippen molar-refractivity contribution >= 4 is 27.7 Å². The van der Waals surface area contributed by atoms with Crippen LogP contribution in [0.25, 0.3) is 0 Å². The third-order valence-corrected chi connectivity index (χ3v) is 5.45. The number of carbonyl (C=O) groups is 2. The van der Waals surface area contributed by atoms with E-state index in [4.69, 9.17) is 4.74 Å². The number of ether oxygens (including phenoxy) is 1. The van der Waals surface area contributed by atoms with Gasteiger partial charge in [0.2, 0.25) is 5.78 Å². The number of benzene rings is 1. The normalized spacial score (nSPS) is 32.9. The summed E-state index contributed by atoms with van der Waals surface area (Å²) in [6.45, 7) is 0. The van der Waals surface area contributed by atoms with Gasteiger partial charge in [0.1, 0.15) is 6.04 Å². The molecule has 0 amide bonds. The van der Waals surface area contributed by atoms with E-state index < -0.39 is 6.10 Å². The molecule has 0 bridgehead atoms. The predicted molar refractivity (Wildman–Crippen MR) is 84.7 cm³/mol. The zero-order valence-corrected chi connectivity index (χ0v) is 13.8. The highest BCUT2D eigenvalue weighted by Crippen LogP contribution is 2.41. The van der Waals surface area contributed by atoms with Gasteiger partial charge in [0.25, 0.3) is 0 Å². The molecule has 1 saturated heterocycles. The van der Waals surface area contributed by atoms with Gasteiger partial charge < -0.3 is 10.1 Å². The van der Waals surface area contributed by atoms with Crippen LogP contribution in [0, 0.1) is 5.92 Å². The monoisotopic (exact) mass is 363 g/mol. The van der Waals surface area contributed by atoms with E-state index in [0.29, 0.717) is 23.9 Å². The number of nitrogens with one attached hydrogen (secondary N) is 1. The molecule has 1 N–H and O–H groups in total. The molecule has 2 unspecified atom stereocenters. The Morgan fingerprint density at radius 2 is 2.18 bits per heavy atom. The van der Waals surface area contributed by atoms with Crippen molar-refractivity contribution in [2.45, 2.75) is 50.3 Å². The molecule has 1 heterocycles. The van der Waals surface area contributed by atoms with Gasteiger partial charge >= 0.3 is 5.97 Å². The second-order valence-electron chi connectivity index (χ2n) is 6.54. The second-order valence-corrected chi connectivity index (χ2v) is 7.46. The molecule has 22 heavy (non-hydrogen) atoms. The molecule has 0 aromatic heterocycles. The van der Waals surface area contributed by atoms with Crippen molar-refractivity contribution in [1.29, 1.82) is 0 Å². The number of carbonyl (C=O) groups excluding carboxylic acids is 2. The molecular weight excluding hydrogens is 346 g/mol. The Balaban J connectivity index is 1.48. The summed E-state index contributed by atoms with van der Waals surface area (Å²) in [5.41, 5.74) is 1.74. The number of ketones is 1. The molecule has 1 aliphatic heterocycles. The van der Waals surface area contributed by atoms with E-state index in [2.05, 4.69) is 21.2 Å². The first-order valence-corrected chi connectivity index (χ1v) is 8.70. The summed E-state index contributed by atoms with van der Waals surface area (Å²) in [5, 5.41) is 3.28. The zero-order valence-electron chi connectivity index (χ0n) is 12.2. The first-order valence-electron chi connectivity index (χ1n) is 7.91. The van der Waals surface area contributed by atoms with Gasteiger partial charge in [0.05, 0.1) is 0 Å². The number of Topliss-reactive ketones (excluding diaryl/α,β-unsaturated/α-hetero) is 1. The Labute approximate surface area is 137 Å². The number of rotatable bonds is 2. The second kappa shape index (κ2) is 5.46. The summed E-state index contributed by atoms with van der Waals surface area (Å²) in [6, 6.07) is 5.97. The van der Waals surface area contributed by atoms with Crippen molar-refractivity contribution < 1.29 is 14.3 Å². The van der Waals surface area contributed by atoms with E-state index >= 15 is 0 Å². The lowest BCUT2D eigenvalue weighted by molar-refractivity contribution is -0.149. The fourth-order valence-electron chi connectivity index (χ4n) is 3.63. The number of hydrogen-bond donors (Lipinski definition) is 1. The molecular formula is C17H18BrNO3. The summed E-state index contributed by atoms with van der Waals surface area (Å²) >= 11 is 3.44. The lowest BCUT2D eigenvalue weighted by Crippen LogP contribution is -2.39. The molecule has 3 aliphatic rings. The minimum absolute atomic E-state index is 0.0588. The van der Waals surface area contributed by atoms with Gasteiger partial charge in [0, 0.05) is 16.1 Å². The summed E-state index contributed by atoms with van der Waals surface area (Å²) < 4.78 is 6.54. The first kappa shape index (κ1) is 14.4. The Bertz CT molecular complexity index is 635. The number of hydrogen-bond acceptors (Lipinski definition) is 4. The molecule has 5 heteroatoms. The van der Waals surface area contributed by atoms with Crippen molar-refractivity contribution in [3.8, 4) is 0 Å². The van der Waals surface area contributed by atoms with Crippen LogP contribution in [-0.2, 0) is 16.0 Å². The zero-order chi connectivity index (χ0) is 15.3. The number of piperidine rings is 1. The van der Waals surface area contributed by atoms with Gasteiger partial charge in [0.15, 0.2) is 6.10 Å². The lowest BCUT2D eigenvalue weighted by atomic mass is 10.0. The highest BCUT2D eigenvalue weighted by molar-refractivity contribution is 9.10. The van der Waals surface area contributed by atoms with Crippen LogP contribution in [0.3, 0.4) is 0 Å². The van der Waals surface area contributed by atoms with E-state index in [1.165, 1.54) is 6.42 Å². The summed E-state index contributed by atoms with van der Waals surface area (Å²) in [4.78, 5) is 24.9. The van der Waals surface area contributed by atoms with E-state index in [0.717, 1.165) is 29.3 Å². The Morgan fingerprint density at radius 3 is 2.95 bits per heavy atom. The largest absolute Gasteiger partial charge is 0.453 e. The molecule has 116 valence electrons. The van der Waals surface area contributed by atoms with Gasteiger partial charge in [-0.15, -0.1) is 0 Å². The van der Waals surface area contributed by atoms with Crippen molar-refractivity contribution in [3.05, 3.63) is 33.8 Å². The summed E-state index contributed by atoms with van der Waals surface area (Å²) in [5.74, 6) is 0.322. The average Bonchev–Trinajstić information content (AvgIpc) is 3.14. The van der Waals surface area contributed by atoms with Crippen LogP contribution in [-0.4, -0.2) is 29.9 Å².